The Labute approximate surface area is 92.5 Å². The SMILES string of the molecule is C=CC(CCC1CCCC1)COSC. The molecular weight excluding hydrogens is 192 g/mol. The van der Waals surface area contributed by atoms with Gasteiger partial charge in [0.2, 0.25) is 0 Å². The van der Waals surface area contributed by atoms with Crippen molar-refractivity contribution >= 4 is 12.0 Å². The molecule has 1 saturated carbocycles. The summed E-state index contributed by atoms with van der Waals surface area (Å²) in [4.78, 5) is 0. The lowest BCUT2D eigenvalue weighted by molar-refractivity contribution is 0.297. The van der Waals surface area contributed by atoms with E-state index in [1.54, 1.807) is 0 Å². The smallest absolute Gasteiger partial charge is 0.0676 e. The van der Waals surface area contributed by atoms with E-state index in [-0.39, 0.29) is 0 Å². The van der Waals surface area contributed by atoms with Crippen molar-refractivity contribution < 1.29 is 4.18 Å². The van der Waals surface area contributed by atoms with Crippen LogP contribution in [0.15, 0.2) is 12.7 Å². The minimum absolute atomic E-state index is 0.558. The van der Waals surface area contributed by atoms with Crippen LogP contribution < -0.4 is 0 Å². The molecule has 0 spiro atoms. The van der Waals surface area contributed by atoms with Gasteiger partial charge in [-0.25, -0.2) is 0 Å². The van der Waals surface area contributed by atoms with E-state index >= 15 is 0 Å². The fourth-order valence-corrected chi connectivity index (χ4v) is 2.48. The van der Waals surface area contributed by atoms with Gasteiger partial charge in [-0.2, -0.15) is 0 Å². The molecule has 0 saturated heterocycles. The fourth-order valence-electron chi connectivity index (χ4n) is 2.17. The number of rotatable bonds is 7. The van der Waals surface area contributed by atoms with Crippen molar-refractivity contribution in [3.8, 4) is 0 Å². The molecule has 1 fully saturated rings. The van der Waals surface area contributed by atoms with Crippen LogP contribution in [0.4, 0.5) is 0 Å². The van der Waals surface area contributed by atoms with Crippen LogP contribution in [0.25, 0.3) is 0 Å². The highest BCUT2D eigenvalue weighted by molar-refractivity contribution is 7.93. The summed E-state index contributed by atoms with van der Waals surface area (Å²) >= 11 is 1.46. The van der Waals surface area contributed by atoms with Gasteiger partial charge in [0.1, 0.15) is 0 Å². The minimum Gasteiger partial charge on any atom is -0.315 e. The Morgan fingerprint density at radius 3 is 2.79 bits per heavy atom. The molecule has 1 nitrogen and oxygen atoms in total. The normalized spacial score (nSPS) is 19.8. The third kappa shape index (κ3) is 4.52. The average molecular weight is 214 g/mol. The molecule has 0 amide bonds. The molecule has 1 aliphatic carbocycles. The Morgan fingerprint density at radius 2 is 2.21 bits per heavy atom. The van der Waals surface area contributed by atoms with Gasteiger partial charge in [0.15, 0.2) is 0 Å². The third-order valence-electron chi connectivity index (χ3n) is 3.15. The topological polar surface area (TPSA) is 9.23 Å². The van der Waals surface area contributed by atoms with Crippen molar-refractivity contribution in [1.82, 2.24) is 0 Å². The standard InChI is InChI=1S/C12H22OS/c1-3-11(10-13-14-2)8-9-12-6-4-5-7-12/h3,11-12H,1,4-10H2,2H3. The van der Waals surface area contributed by atoms with Gasteiger partial charge in [-0.3, -0.25) is 0 Å². The summed E-state index contributed by atoms with van der Waals surface area (Å²) in [5.74, 6) is 1.55. The lowest BCUT2D eigenvalue weighted by Crippen LogP contribution is -2.06. The molecule has 14 heavy (non-hydrogen) atoms. The van der Waals surface area contributed by atoms with Gasteiger partial charge in [-0.1, -0.05) is 31.8 Å². The molecule has 0 aromatic carbocycles. The molecule has 0 aliphatic heterocycles. The highest BCUT2D eigenvalue weighted by Crippen LogP contribution is 2.30. The molecule has 82 valence electrons. The number of hydrogen-bond acceptors (Lipinski definition) is 2. The van der Waals surface area contributed by atoms with Crippen LogP contribution in [0.3, 0.4) is 0 Å². The quantitative estimate of drug-likeness (QED) is 0.467. The lowest BCUT2D eigenvalue weighted by atomic mass is 9.95. The first kappa shape index (κ1) is 12.1. The zero-order valence-corrected chi connectivity index (χ0v) is 10.0. The third-order valence-corrected chi connectivity index (χ3v) is 3.53. The maximum Gasteiger partial charge on any atom is 0.0676 e. The van der Waals surface area contributed by atoms with Crippen LogP contribution in [0.5, 0.6) is 0 Å². The molecule has 1 atom stereocenters. The van der Waals surface area contributed by atoms with E-state index in [1.807, 2.05) is 12.3 Å². The van der Waals surface area contributed by atoms with Crippen molar-refractivity contribution in [3.05, 3.63) is 12.7 Å². The highest BCUT2D eigenvalue weighted by atomic mass is 32.2. The first-order valence-electron chi connectivity index (χ1n) is 5.65. The van der Waals surface area contributed by atoms with E-state index in [9.17, 15) is 0 Å². The van der Waals surface area contributed by atoms with Crippen LogP contribution in [0.1, 0.15) is 38.5 Å². The van der Waals surface area contributed by atoms with E-state index in [0.717, 1.165) is 12.5 Å². The molecule has 1 rings (SSSR count). The molecule has 0 aromatic rings. The Hall–Kier alpha value is 0.0500. The molecule has 0 radical (unpaired) electrons. The maximum atomic E-state index is 5.35. The maximum absolute atomic E-state index is 5.35. The van der Waals surface area contributed by atoms with Gasteiger partial charge in [-0.15, -0.1) is 6.58 Å². The Bertz CT molecular complexity index is 152. The van der Waals surface area contributed by atoms with Crippen molar-refractivity contribution in [3.63, 3.8) is 0 Å². The van der Waals surface area contributed by atoms with Crippen molar-refractivity contribution in [1.29, 1.82) is 0 Å². The van der Waals surface area contributed by atoms with Crippen LogP contribution in [-0.4, -0.2) is 12.9 Å². The summed E-state index contributed by atoms with van der Waals surface area (Å²) in [6.45, 7) is 4.70. The zero-order valence-electron chi connectivity index (χ0n) is 9.21. The molecule has 1 unspecified atom stereocenters. The molecule has 0 heterocycles. The highest BCUT2D eigenvalue weighted by Gasteiger charge is 2.16. The summed E-state index contributed by atoms with van der Waals surface area (Å²) in [5, 5.41) is 0. The van der Waals surface area contributed by atoms with Crippen LogP contribution in [-0.2, 0) is 4.18 Å². The van der Waals surface area contributed by atoms with E-state index in [0.29, 0.717) is 5.92 Å². The van der Waals surface area contributed by atoms with Crippen LogP contribution in [0, 0.1) is 11.8 Å². The van der Waals surface area contributed by atoms with Crippen LogP contribution in [0.2, 0.25) is 0 Å². The van der Waals surface area contributed by atoms with E-state index in [2.05, 4.69) is 6.58 Å². The summed E-state index contributed by atoms with van der Waals surface area (Å²) in [5.41, 5.74) is 0. The first-order chi connectivity index (χ1) is 6.86. The second-order valence-corrected chi connectivity index (χ2v) is 4.74. The van der Waals surface area contributed by atoms with Gasteiger partial charge in [-0.05, 0) is 30.8 Å². The Balaban J connectivity index is 2.09. The summed E-state index contributed by atoms with van der Waals surface area (Å²) in [6.07, 6.45) is 12.4. The molecular formula is C12H22OS. The minimum atomic E-state index is 0.558. The van der Waals surface area contributed by atoms with Gasteiger partial charge in [0.25, 0.3) is 0 Å². The second kappa shape index (κ2) is 7.36. The molecule has 0 bridgehead atoms. The van der Waals surface area contributed by atoms with E-state index in [4.69, 9.17) is 4.18 Å². The Kier molecular flexibility index (Phi) is 6.37. The van der Waals surface area contributed by atoms with Gasteiger partial charge < -0.3 is 4.18 Å². The predicted octanol–water partition coefficient (Wildman–Crippen LogP) is 4.05. The summed E-state index contributed by atoms with van der Waals surface area (Å²) < 4.78 is 5.35. The van der Waals surface area contributed by atoms with E-state index in [1.165, 1.54) is 50.6 Å². The number of hydrogen-bond donors (Lipinski definition) is 0. The van der Waals surface area contributed by atoms with Crippen molar-refractivity contribution in [2.75, 3.05) is 12.9 Å². The first-order valence-corrected chi connectivity index (χ1v) is 6.80. The van der Waals surface area contributed by atoms with Gasteiger partial charge in [0.05, 0.1) is 6.61 Å². The van der Waals surface area contributed by atoms with Gasteiger partial charge in [0, 0.05) is 12.2 Å². The molecule has 0 aromatic heterocycles. The zero-order chi connectivity index (χ0) is 10.2. The monoisotopic (exact) mass is 214 g/mol. The second-order valence-electron chi connectivity index (χ2n) is 4.17. The Morgan fingerprint density at radius 1 is 1.50 bits per heavy atom. The molecule has 1 aliphatic rings. The van der Waals surface area contributed by atoms with Crippen molar-refractivity contribution in [2.45, 2.75) is 38.5 Å². The molecule has 0 N–H and O–H groups in total. The largest absolute Gasteiger partial charge is 0.315 e. The van der Waals surface area contributed by atoms with Gasteiger partial charge >= 0.3 is 0 Å². The van der Waals surface area contributed by atoms with Crippen molar-refractivity contribution in [2.24, 2.45) is 11.8 Å². The molecule has 2 heteroatoms. The van der Waals surface area contributed by atoms with Crippen LogP contribution >= 0.6 is 12.0 Å². The lowest BCUT2D eigenvalue weighted by Gasteiger charge is -2.14. The fraction of sp³-hybridized carbons (Fsp3) is 0.833. The predicted molar refractivity (Wildman–Crippen MR) is 64.3 cm³/mol. The summed E-state index contributed by atoms with van der Waals surface area (Å²) in [6, 6.07) is 0. The summed E-state index contributed by atoms with van der Waals surface area (Å²) in [7, 11) is 0. The van der Waals surface area contributed by atoms with E-state index < -0.39 is 0 Å². The average Bonchev–Trinajstić information content (AvgIpc) is 2.71.